The Hall–Kier alpha value is -2.37. The first kappa shape index (κ1) is 18.0. The van der Waals surface area contributed by atoms with Gasteiger partial charge in [0.2, 0.25) is 5.91 Å². The number of nitrogens with zero attached hydrogens (tertiary/aromatic N) is 1. The number of anilines is 1. The molecule has 6 heteroatoms. The van der Waals surface area contributed by atoms with Crippen molar-refractivity contribution in [2.45, 2.75) is 52.1 Å². The number of esters is 1. The second-order valence-electron chi connectivity index (χ2n) is 6.26. The topological polar surface area (TPSA) is 75.7 Å². The number of nitrogens with one attached hydrogen (secondary N) is 1. The van der Waals surface area contributed by atoms with Crippen molar-refractivity contribution in [2.24, 2.45) is 0 Å². The minimum atomic E-state index is -0.546. The quantitative estimate of drug-likeness (QED) is 0.860. The summed E-state index contributed by atoms with van der Waals surface area (Å²) in [4.78, 5) is 37.2. The second-order valence-corrected chi connectivity index (χ2v) is 6.26. The first-order valence-electron chi connectivity index (χ1n) is 8.24. The lowest BCUT2D eigenvalue weighted by Gasteiger charge is -2.38. The molecule has 0 saturated carbocycles. The van der Waals surface area contributed by atoms with Crippen molar-refractivity contribution in [1.82, 2.24) is 4.90 Å². The molecule has 1 aliphatic rings. The molecule has 1 aliphatic heterocycles. The van der Waals surface area contributed by atoms with Gasteiger partial charge in [0, 0.05) is 24.7 Å². The summed E-state index contributed by atoms with van der Waals surface area (Å²) in [7, 11) is 0. The summed E-state index contributed by atoms with van der Waals surface area (Å²) in [5, 5.41) is 2.62. The Morgan fingerprint density at radius 2 is 1.71 bits per heavy atom. The molecule has 0 unspecified atom stereocenters. The van der Waals surface area contributed by atoms with Crippen molar-refractivity contribution in [3.8, 4) is 0 Å². The van der Waals surface area contributed by atoms with Crippen LogP contribution in [0.3, 0.4) is 0 Å². The molecule has 0 bridgehead atoms. The maximum atomic E-state index is 12.3. The monoisotopic (exact) mass is 332 g/mol. The number of hydrogen-bond acceptors (Lipinski definition) is 4. The third-order valence-corrected chi connectivity index (χ3v) is 4.25. The zero-order chi connectivity index (χ0) is 17.7. The van der Waals surface area contributed by atoms with Crippen LogP contribution in [0.1, 0.15) is 50.4 Å². The van der Waals surface area contributed by atoms with Gasteiger partial charge in [-0.3, -0.25) is 9.59 Å². The highest BCUT2D eigenvalue weighted by Gasteiger charge is 2.29. The highest BCUT2D eigenvalue weighted by atomic mass is 16.5. The summed E-state index contributed by atoms with van der Waals surface area (Å²) in [6.45, 7) is 5.21. The number of likely N-dealkylation sites (tertiary alicyclic amines) is 1. The van der Waals surface area contributed by atoms with E-state index in [-0.39, 0.29) is 30.5 Å². The number of carbonyl (C=O) groups excluding carboxylic acids is 3. The summed E-state index contributed by atoms with van der Waals surface area (Å²) in [6.07, 6.45) is 3.08. The molecule has 6 nitrogen and oxygen atoms in total. The van der Waals surface area contributed by atoms with Gasteiger partial charge in [0.1, 0.15) is 0 Å². The van der Waals surface area contributed by atoms with Gasteiger partial charge in [0.05, 0.1) is 5.56 Å². The Morgan fingerprint density at radius 1 is 1.12 bits per heavy atom. The van der Waals surface area contributed by atoms with E-state index in [1.54, 1.807) is 24.3 Å². The van der Waals surface area contributed by atoms with Crippen molar-refractivity contribution in [1.29, 1.82) is 0 Å². The fraction of sp³-hybridized carbons (Fsp3) is 0.500. The lowest BCUT2D eigenvalue weighted by molar-refractivity contribution is -0.140. The van der Waals surface area contributed by atoms with Crippen LogP contribution >= 0.6 is 0 Å². The number of hydrogen-bond donors (Lipinski definition) is 1. The molecule has 1 N–H and O–H groups in total. The molecular weight excluding hydrogens is 308 g/mol. The van der Waals surface area contributed by atoms with Crippen LogP contribution in [-0.4, -0.2) is 41.4 Å². The molecule has 0 radical (unpaired) electrons. The van der Waals surface area contributed by atoms with E-state index in [0.717, 1.165) is 19.3 Å². The first-order chi connectivity index (χ1) is 11.4. The predicted octanol–water partition coefficient (Wildman–Crippen LogP) is 2.59. The average Bonchev–Trinajstić information content (AvgIpc) is 2.52. The first-order valence-corrected chi connectivity index (χ1v) is 8.24. The Kier molecular flexibility index (Phi) is 5.95. The molecule has 130 valence electrons. The average molecular weight is 332 g/mol. The van der Waals surface area contributed by atoms with Crippen LogP contribution in [0.25, 0.3) is 0 Å². The lowest BCUT2D eigenvalue weighted by atomic mass is 9.97. The van der Waals surface area contributed by atoms with Crippen LogP contribution in [-0.2, 0) is 14.3 Å². The van der Waals surface area contributed by atoms with E-state index in [0.29, 0.717) is 11.3 Å². The molecule has 0 aromatic heterocycles. The fourth-order valence-electron chi connectivity index (χ4n) is 3.09. The van der Waals surface area contributed by atoms with Crippen LogP contribution in [0, 0.1) is 0 Å². The largest absolute Gasteiger partial charge is 0.452 e. The number of ether oxygens (including phenoxy) is 1. The Bertz CT molecular complexity index is 602. The number of piperidine rings is 1. The van der Waals surface area contributed by atoms with Crippen LogP contribution in [0.4, 0.5) is 5.69 Å². The van der Waals surface area contributed by atoms with Gasteiger partial charge in [0.15, 0.2) is 6.61 Å². The van der Waals surface area contributed by atoms with Crippen LogP contribution in [0.2, 0.25) is 0 Å². The Balaban J connectivity index is 1.90. The maximum absolute atomic E-state index is 12.3. The molecule has 24 heavy (non-hydrogen) atoms. The molecular formula is C18H24N2O4. The highest BCUT2D eigenvalue weighted by molar-refractivity contribution is 5.93. The summed E-state index contributed by atoms with van der Waals surface area (Å²) in [5.41, 5.74) is 0.947. The van der Waals surface area contributed by atoms with E-state index in [9.17, 15) is 14.4 Å². The third-order valence-electron chi connectivity index (χ3n) is 4.25. The standard InChI is InChI=1S/C18H24N2O4/c1-12-5-4-6-13(2)20(12)17(22)11-24-18(23)15-7-9-16(10-8-15)19-14(3)21/h7-10,12-13H,4-6,11H2,1-3H3,(H,19,21)/t12-,13-/m0/s1. The zero-order valence-electron chi connectivity index (χ0n) is 14.4. The van der Waals surface area contributed by atoms with Gasteiger partial charge < -0.3 is 15.0 Å². The van der Waals surface area contributed by atoms with E-state index in [2.05, 4.69) is 5.32 Å². The number of carbonyl (C=O) groups is 3. The van der Waals surface area contributed by atoms with Gasteiger partial charge in [-0.1, -0.05) is 0 Å². The highest BCUT2D eigenvalue weighted by Crippen LogP contribution is 2.22. The number of benzene rings is 1. The van der Waals surface area contributed by atoms with Crippen LogP contribution < -0.4 is 5.32 Å². The van der Waals surface area contributed by atoms with Crippen molar-refractivity contribution in [3.05, 3.63) is 29.8 Å². The van der Waals surface area contributed by atoms with E-state index in [4.69, 9.17) is 4.74 Å². The summed E-state index contributed by atoms with van der Waals surface area (Å²) in [5.74, 6) is -0.881. The number of rotatable bonds is 4. The smallest absolute Gasteiger partial charge is 0.338 e. The predicted molar refractivity (Wildman–Crippen MR) is 90.6 cm³/mol. The van der Waals surface area contributed by atoms with Gasteiger partial charge in [-0.2, -0.15) is 0 Å². The van der Waals surface area contributed by atoms with Gasteiger partial charge in [0.25, 0.3) is 5.91 Å². The Labute approximate surface area is 142 Å². The second kappa shape index (κ2) is 7.95. The van der Waals surface area contributed by atoms with E-state index < -0.39 is 5.97 Å². The zero-order valence-corrected chi connectivity index (χ0v) is 14.4. The molecule has 1 saturated heterocycles. The summed E-state index contributed by atoms with van der Waals surface area (Å²) < 4.78 is 5.14. The SMILES string of the molecule is CC(=O)Nc1ccc(C(=O)OCC(=O)N2[C@@H](C)CCC[C@@H]2C)cc1. The normalized spacial score (nSPS) is 20.4. The molecule has 1 aromatic carbocycles. The third kappa shape index (κ3) is 4.57. The number of amides is 2. The van der Waals surface area contributed by atoms with Gasteiger partial charge in [-0.25, -0.2) is 4.79 Å². The molecule has 1 heterocycles. The van der Waals surface area contributed by atoms with Crippen molar-refractivity contribution < 1.29 is 19.1 Å². The Morgan fingerprint density at radius 3 is 2.25 bits per heavy atom. The molecule has 2 rings (SSSR count). The molecule has 2 amide bonds. The minimum Gasteiger partial charge on any atom is -0.452 e. The van der Waals surface area contributed by atoms with Crippen molar-refractivity contribution in [3.63, 3.8) is 0 Å². The van der Waals surface area contributed by atoms with Gasteiger partial charge >= 0.3 is 5.97 Å². The molecule has 1 aromatic rings. The molecule has 0 spiro atoms. The maximum Gasteiger partial charge on any atom is 0.338 e. The van der Waals surface area contributed by atoms with E-state index >= 15 is 0 Å². The van der Waals surface area contributed by atoms with E-state index in [1.165, 1.54) is 6.92 Å². The van der Waals surface area contributed by atoms with E-state index in [1.807, 2.05) is 18.7 Å². The van der Waals surface area contributed by atoms with Crippen molar-refractivity contribution in [2.75, 3.05) is 11.9 Å². The molecule has 0 aliphatic carbocycles. The molecule has 2 atom stereocenters. The van der Waals surface area contributed by atoms with Gasteiger partial charge in [-0.05, 0) is 57.4 Å². The fourth-order valence-corrected chi connectivity index (χ4v) is 3.09. The van der Waals surface area contributed by atoms with Gasteiger partial charge in [-0.15, -0.1) is 0 Å². The molecule has 1 fully saturated rings. The minimum absolute atomic E-state index is 0.155. The summed E-state index contributed by atoms with van der Waals surface area (Å²) in [6, 6.07) is 6.71. The summed E-state index contributed by atoms with van der Waals surface area (Å²) >= 11 is 0. The van der Waals surface area contributed by atoms with Crippen LogP contribution in [0.15, 0.2) is 24.3 Å². The lowest BCUT2D eigenvalue weighted by Crippen LogP contribution is -2.49. The van der Waals surface area contributed by atoms with Crippen molar-refractivity contribution >= 4 is 23.5 Å². The van der Waals surface area contributed by atoms with Crippen LogP contribution in [0.5, 0.6) is 0 Å².